The first-order chi connectivity index (χ1) is 18.8. The third-order valence-corrected chi connectivity index (χ3v) is 9.71. The molecular formula is C30H34FN3O4S. The number of amides is 2. The molecule has 1 aliphatic heterocycles. The molecule has 1 N–H and O–H groups in total. The fourth-order valence-electron chi connectivity index (χ4n) is 5.68. The van der Waals surface area contributed by atoms with Crippen molar-refractivity contribution in [2.45, 2.75) is 75.4 Å². The topological polar surface area (TPSA) is 86.8 Å². The number of hydrogen-bond donors (Lipinski definition) is 1. The minimum Gasteiger partial charge on any atom is -0.352 e. The Morgan fingerprint density at radius 3 is 2.49 bits per heavy atom. The van der Waals surface area contributed by atoms with E-state index in [1.807, 2.05) is 18.2 Å². The zero-order valence-electron chi connectivity index (χ0n) is 22.1. The second-order valence-electron chi connectivity index (χ2n) is 10.4. The lowest BCUT2D eigenvalue weighted by molar-refractivity contribution is -0.141. The summed E-state index contributed by atoms with van der Waals surface area (Å²) in [6.45, 7) is 1.74. The Hall–Kier alpha value is -3.46. The summed E-state index contributed by atoms with van der Waals surface area (Å²) in [6.07, 6.45) is 5.40. The van der Waals surface area contributed by atoms with Crippen LogP contribution in [0, 0.1) is 5.82 Å². The third kappa shape index (κ3) is 5.50. The lowest BCUT2D eigenvalue weighted by Crippen LogP contribution is -2.50. The van der Waals surface area contributed by atoms with Gasteiger partial charge >= 0.3 is 0 Å². The molecule has 9 heteroatoms. The van der Waals surface area contributed by atoms with E-state index in [9.17, 15) is 22.4 Å². The van der Waals surface area contributed by atoms with Gasteiger partial charge in [-0.25, -0.2) is 12.8 Å². The maximum atomic E-state index is 14.5. The van der Waals surface area contributed by atoms with Gasteiger partial charge in [-0.05, 0) is 49.8 Å². The molecule has 0 bridgehead atoms. The van der Waals surface area contributed by atoms with Crippen LogP contribution in [0.15, 0.2) is 65.6 Å². The number of hydrogen-bond acceptors (Lipinski definition) is 4. The van der Waals surface area contributed by atoms with Gasteiger partial charge in [-0.3, -0.25) is 13.9 Å². The van der Waals surface area contributed by atoms with E-state index >= 15 is 0 Å². The second kappa shape index (κ2) is 11.3. The first-order valence-corrected chi connectivity index (χ1v) is 15.1. The van der Waals surface area contributed by atoms with Gasteiger partial charge in [-0.15, -0.1) is 0 Å². The van der Waals surface area contributed by atoms with E-state index in [2.05, 4.69) is 5.32 Å². The van der Waals surface area contributed by atoms with Crippen LogP contribution in [0.4, 0.5) is 10.1 Å². The highest BCUT2D eigenvalue weighted by atomic mass is 32.2. The second-order valence-corrected chi connectivity index (χ2v) is 12.3. The summed E-state index contributed by atoms with van der Waals surface area (Å²) in [5.74, 6) is -1.02. The van der Waals surface area contributed by atoms with E-state index < -0.39 is 21.9 Å². The molecule has 3 aromatic carbocycles. The Balaban J connectivity index is 1.30. The van der Waals surface area contributed by atoms with Gasteiger partial charge in [0.15, 0.2) is 0 Å². The minimum absolute atomic E-state index is 0.0217. The molecule has 1 heterocycles. The van der Waals surface area contributed by atoms with E-state index in [0.29, 0.717) is 16.6 Å². The Labute approximate surface area is 229 Å². The van der Waals surface area contributed by atoms with Crippen molar-refractivity contribution in [2.75, 3.05) is 10.8 Å². The minimum atomic E-state index is -3.72. The molecule has 0 spiro atoms. The molecule has 0 aromatic heterocycles. The zero-order valence-corrected chi connectivity index (χ0v) is 22.9. The fraction of sp³-hybridized carbons (Fsp3) is 0.400. The summed E-state index contributed by atoms with van der Waals surface area (Å²) in [6, 6.07) is 16.2. The van der Waals surface area contributed by atoms with Crippen molar-refractivity contribution in [3.05, 3.63) is 72.0 Å². The van der Waals surface area contributed by atoms with Crippen molar-refractivity contribution in [3.63, 3.8) is 0 Å². The Bertz CT molecular complexity index is 1480. The summed E-state index contributed by atoms with van der Waals surface area (Å²) < 4.78 is 42.4. The van der Waals surface area contributed by atoms with Crippen molar-refractivity contribution in [2.24, 2.45) is 0 Å². The van der Waals surface area contributed by atoms with Gasteiger partial charge in [-0.1, -0.05) is 61.7 Å². The first kappa shape index (κ1) is 27.1. The summed E-state index contributed by atoms with van der Waals surface area (Å²) in [5, 5.41) is 4.62. The maximum Gasteiger partial charge on any atom is 0.265 e. The molecule has 39 heavy (non-hydrogen) atoms. The van der Waals surface area contributed by atoms with E-state index in [4.69, 9.17) is 0 Å². The van der Waals surface area contributed by atoms with E-state index in [0.717, 1.165) is 37.5 Å². The first-order valence-electron chi connectivity index (χ1n) is 13.6. The van der Waals surface area contributed by atoms with Crippen molar-refractivity contribution in [1.82, 2.24) is 10.2 Å². The van der Waals surface area contributed by atoms with Crippen molar-refractivity contribution in [3.8, 4) is 0 Å². The van der Waals surface area contributed by atoms with E-state index in [1.165, 1.54) is 15.3 Å². The molecular weight excluding hydrogens is 517 g/mol. The van der Waals surface area contributed by atoms with Crippen LogP contribution in [0.2, 0.25) is 0 Å². The van der Waals surface area contributed by atoms with Crippen molar-refractivity contribution >= 4 is 38.3 Å². The van der Waals surface area contributed by atoms with Crippen LogP contribution < -0.4 is 9.62 Å². The molecule has 206 valence electrons. The average Bonchev–Trinajstić information content (AvgIpc) is 3.16. The SMILES string of the molecule is C[C@H](C(=O)NC1CCCCC1)N(Cc1ccccc1F)C(=O)CCCN1c2cccc3cccc(c23)S1(=O)=O. The Morgan fingerprint density at radius 2 is 1.74 bits per heavy atom. The van der Waals surface area contributed by atoms with Crippen molar-refractivity contribution < 1.29 is 22.4 Å². The van der Waals surface area contributed by atoms with Crippen LogP contribution in [-0.4, -0.2) is 43.8 Å². The number of anilines is 1. The zero-order chi connectivity index (χ0) is 27.6. The smallest absolute Gasteiger partial charge is 0.265 e. The molecule has 5 rings (SSSR count). The number of sulfonamides is 1. The quantitative estimate of drug-likeness (QED) is 0.399. The highest BCUT2D eigenvalue weighted by molar-refractivity contribution is 7.93. The average molecular weight is 552 g/mol. The monoisotopic (exact) mass is 551 g/mol. The molecule has 3 aromatic rings. The largest absolute Gasteiger partial charge is 0.352 e. The summed E-state index contributed by atoms with van der Waals surface area (Å²) in [5.41, 5.74) is 0.936. The molecule has 1 saturated carbocycles. The number of nitrogens with one attached hydrogen (secondary N) is 1. The number of rotatable bonds is 9. The van der Waals surface area contributed by atoms with Gasteiger partial charge in [0.05, 0.1) is 10.6 Å². The lowest BCUT2D eigenvalue weighted by atomic mass is 9.95. The molecule has 1 aliphatic carbocycles. The normalized spacial score (nSPS) is 17.2. The fourth-order valence-corrected chi connectivity index (χ4v) is 7.43. The Morgan fingerprint density at radius 1 is 1.03 bits per heavy atom. The van der Waals surface area contributed by atoms with Crippen LogP contribution in [-0.2, 0) is 26.2 Å². The van der Waals surface area contributed by atoms with Gasteiger partial charge < -0.3 is 10.2 Å². The molecule has 1 atom stereocenters. The lowest BCUT2D eigenvalue weighted by Gasteiger charge is -2.31. The number of benzene rings is 3. The van der Waals surface area contributed by atoms with Crippen LogP contribution in [0.3, 0.4) is 0 Å². The standard InChI is InChI=1S/C30H34FN3O4S/c1-21(30(36)32-24-13-3-2-4-14-24)33(20-23-10-5-6-15-25(23)31)28(35)18-9-19-34-26-16-7-11-22-12-8-17-27(29(22)26)39(34,37)38/h5-8,10-12,15-17,21,24H,2-4,9,13-14,18-20H2,1H3,(H,32,36)/t21-/m1/s1. The van der Waals surface area contributed by atoms with Crippen LogP contribution in [0.5, 0.6) is 0 Å². The maximum absolute atomic E-state index is 14.5. The van der Waals surface area contributed by atoms with E-state index in [-0.39, 0.29) is 48.7 Å². The number of halogens is 1. The molecule has 7 nitrogen and oxygen atoms in total. The van der Waals surface area contributed by atoms with Gasteiger partial charge in [0.25, 0.3) is 10.0 Å². The predicted molar refractivity (Wildman–Crippen MR) is 149 cm³/mol. The molecule has 0 unspecified atom stereocenters. The van der Waals surface area contributed by atoms with Crippen LogP contribution in [0.1, 0.15) is 57.4 Å². The Kier molecular flexibility index (Phi) is 7.88. The summed E-state index contributed by atoms with van der Waals surface area (Å²) in [7, 11) is -3.72. The number of carbonyl (C=O) groups excluding carboxylic acids is 2. The summed E-state index contributed by atoms with van der Waals surface area (Å²) in [4.78, 5) is 28.3. The third-order valence-electron chi connectivity index (χ3n) is 7.85. The molecule has 2 aliphatic rings. The van der Waals surface area contributed by atoms with Gasteiger partial charge in [0, 0.05) is 36.5 Å². The van der Waals surface area contributed by atoms with Gasteiger partial charge in [-0.2, -0.15) is 0 Å². The molecule has 0 saturated heterocycles. The molecule has 2 amide bonds. The highest BCUT2D eigenvalue weighted by Gasteiger charge is 2.35. The molecule has 0 radical (unpaired) electrons. The van der Waals surface area contributed by atoms with Gasteiger partial charge in [0.2, 0.25) is 11.8 Å². The number of carbonyl (C=O) groups is 2. The van der Waals surface area contributed by atoms with Crippen molar-refractivity contribution in [1.29, 1.82) is 0 Å². The van der Waals surface area contributed by atoms with Crippen LogP contribution >= 0.6 is 0 Å². The number of nitrogens with zero attached hydrogens (tertiary/aromatic N) is 2. The summed E-state index contributed by atoms with van der Waals surface area (Å²) >= 11 is 0. The highest BCUT2D eigenvalue weighted by Crippen LogP contribution is 2.42. The predicted octanol–water partition coefficient (Wildman–Crippen LogP) is 5.13. The van der Waals surface area contributed by atoms with Gasteiger partial charge in [0.1, 0.15) is 11.9 Å². The molecule has 1 fully saturated rings. The van der Waals surface area contributed by atoms with E-state index in [1.54, 1.807) is 43.3 Å². The van der Waals surface area contributed by atoms with Crippen LogP contribution in [0.25, 0.3) is 10.8 Å².